The van der Waals surface area contributed by atoms with Crippen LogP contribution in [-0.2, 0) is 4.79 Å². The number of methoxy groups -OCH3 is 3. The van der Waals surface area contributed by atoms with Crippen molar-refractivity contribution in [1.82, 2.24) is 0 Å². The van der Waals surface area contributed by atoms with Gasteiger partial charge in [0.1, 0.15) is 0 Å². The molecule has 0 radical (unpaired) electrons. The van der Waals surface area contributed by atoms with Crippen molar-refractivity contribution < 1.29 is 19.0 Å². The number of ether oxygens (including phenoxy) is 3. The van der Waals surface area contributed by atoms with Gasteiger partial charge >= 0.3 is 0 Å². The first kappa shape index (κ1) is 13.0. The Morgan fingerprint density at radius 1 is 1.18 bits per heavy atom. The zero-order chi connectivity index (χ0) is 12.8. The minimum Gasteiger partial charge on any atom is -0.493 e. The first-order valence-electron chi connectivity index (χ1n) is 4.83. The molecule has 92 valence electrons. The zero-order valence-electron chi connectivity index (χ0n) is 9.89. The molecule has 1 aromatic carbocycles. The number of rotatable bonds is 6. The average molecular weight is 238 g/mol. The monoisotopic (exact) mass is 238 g/mol. The van der Waals surface area contributed by atoms with Crippen molar-refractivity contribution in [2.75, 3.05) is 21.3 Å². The fourth-order valence-electron chi connectivity index (χ4n) is 1.46. The van der Waals surface area contributed by atoms with Crippen molar-refractivity contribution in [2.24, 2.45) is 5.11 Å². The van der Waals surface area contributed by atoms with Crippen LogP contribution < -0.4 is 14.2 Å². The summed E-state index contributed by atoms with van der Waals surface area (Å²) >= 11 is 0. The Morgan fingerprint density at radius 2 is 1.71 bits per heavy atom. The Balaban J connectivity index is 3.35. The molecule has 0 aliphatic carbocycles. The predicted octanol–water partition coefficient (Wildman–Crippen LogP) is 1.98. The Hall–Kier alpha value is -2.11. The molecule has 0 aliphatic rings. The van der Waals surface area contributed by atoms with Crippen molar-refractivity contribution >= 4 is 6.29 Å². The van der Waals surface area contributed by atoms with Crippen LogP contribution in [0.25, 0.3) is 0 Å². The molecule has 6 heteroatoms. The molecule has 17 heavy (non-hydrogen) atoms. The first-order valence-corrected chi connectivity index (χ1v) is 4.83. The number of hydrogen-bond acceptors (Lipinski definition) is 6. The van der Waals surface area contributed by atoms with Gasteiger partial charge in [-0.3, -0.25) is 0 Å². The van der Waals surface area contributed by atoms with Gasteiger partial charge in [-0.15, -0.1) is 0 Å². The molecule has 6 nitrogen and oxygen atoms in total. The van der Waals surface area contributed by atoms with Crippen molar-refractivity contribution in [1.29, 1.82) is 5.53 Å². The number of hydrogen-bond donors (Lipinski definition) is 1. The molecule has 0 bridgehead atoms. The van der Waals surface area contributed by atoms with Gasteiger partial charge < -0.3 is 19.0 Å². The summed E-state index contributed by atoms with van der Waals surface area (Å²) in [6.45, 7) is 0. The van der Waals surface area contributed by atoms with E-state index in [1.165, 1.54) is 21.3 Å². The molecular formula is C11H14N2O4. The van der Waals surface area contributed by atoms with Crippen LogP contribution in [0.1, 0.15) is 11.6 Å². The summed E-state index contributed by atoms with van der Waals surface area (Å²) in [5.41, 5.74) is 7.45. The highest BCUT2D eigenvalue weighted by Crippen LogP contribution is 2.39. The van der Waals surface area contributed by atoms with Crippen LogP contribution in [-0.4, -0.2) is 27.6 Å². The van der Waals surface area contributed by atoms with Crippen molar-refractivity contribution in [3.05, 3.63) is 17.7 Å². The molecule has 0 aliphatic heterocycles. The molecule has 1 unspecified atom stereocenters. The predicted molar refractivity (Wildman–Crippen MR) is 60.1 cm³/mol. The number of aldehydes is 1. The lowest BCUT2D eigenvalue weighted by Crippen LogP contribution is -2.00. The summed E-state index contributed by atoms with van der Waals surface area (Å²) in [4.78, 5) is 10.8. The SMILES string of the molecule is COc1cc(C(C=O)N=N)cc(OC)c1OC. The highest BCUT2D eigenvalue weighted by atomic mass is 16.5. The molecule has 0 saturated carbocycles. The van der Waals surface area contributed by atoms with Gasteiger partial charge in [0.2, 0.25) is 5.75 Å². The Labute approximate surface area is 99.0 Å². The average Bonchev–Trinajstić information content (AvgIpc) is 2.38. The van der Waals surface area contributed by atoms with Crippen LogP contribution in [0.4, 0.5) is 0 Å². The number of nitrogens with one attached hydrogen (secondary N) is 1. The van der Waals surface area contributed by atoms with Gasteiger partial charge in [-0.05, 0) is 17.7 Å². The van der Waals surface area contributed by atoms with E-state index in [1.807, 2.05) is 0 Å². The second-order valence-electron chi connectivity index (χ2n) is 3.17. The lowest BCUT2D eigenvalue weighted by molar-refractivity contribution is -0.109. The molecule has 1 N–H and O–H groups in total. The van der Waals surface area contributed by atoms with Crippen LogP contribution in [0.3, 0.4) is 0 Å². The first-order chi connectivity index (χ1) is 8.21. The zero-order valence-corrected chi connectivity index (χ0v) is 9.89. The van der Waals surface area contributed by atoms with E-state index in [1.54, 1.807) is 12.1 Å². The molecule has 0 amide bonds. The summed E-state index contributed by atoms with van der Waals surface area (Å²) < 4.78 is 15.4. The Morgan fingerprint density at radius 3 is 2.00 bits per heavy atom. The van der Waals surface area contributed by atoms with E-state index in [-0.39, 0.29) is 0 Å². The van der Waals surface area contributed by atoms with Crippen LogP contribution in [0, 0.1) is 5.53 Å². The fraction of sp³-hybridized carbons (Fsp3) is 0.364. The van der Waals surface area contributed by atoms with E-state index >= 15 is 0 Å². The summed E-state index contributed by atoms with van der Waals surface area (Å²) in [7, 11) is 4.45. The standard InChI is InChI=1S/C11H14N2O4/c1-15-9-4-7(8(6-14)13-12)5-10(16-2)11(9)17-3/h4-6,8,12H,1-3H3. The number of nitrogens with zero attached hydrogens (tertiary/aromatic N) is 1. The number of carbonyl (C=O) groups excluding carboxylic acids is 1. The summed E-state index contributed by atoms with van der Waals surface area (Å²) in [5.74, 6) is 1.29. The summed E-state index contributed by atoms with van der Waals surface area (Å²) in [5, 5.41) is 3.21. The maximum Gasteiger partial charge on any atom is 0.203 e. The Bertz CT molecular complexity index is 387. The third-order valence-corrected chi connectivity index (χ3v) is 2.30. The maximum absolute atomic E-state index is 10.8. The minimum absolute atomic E-state index is 0.428. The lowest BCUT2D eigenvalue weighted by Gasteiger charge is -2.14. The van der Waals surface area contributed by atoms with E-state index in [0.29, 0.717) is 29.1 Å². The number of benzene rings is 1. The molecule has 1 rings (SSSR count). The normalized spacial score (nSPS) is 11.5. The summed E-state index contributed by atoms with van der Waals surface area (Å²) in [6, 6.07) is 2.33. The molecule has 0 heterocycles. The van der Waals surface area contributed by atoms with Gasteiger partial charge in [0, 0.05) is 0 Å². The van der Waals surface area contributed by atoms with Gasteiger partial charge in [-0.1, -0.05) is 0 Å². The van der Waals surface area contributed by atoms with Crippen LogP contribution in [0.2, 0.25) is 0 Å². The van der Waals surface area contributed by atoms with E-state index in [0.717, 1.165) is 0 Å². The molecular weight excluding hydrogens is 224 g/mol. The van der Waals surface area contributed by atoms with Gasteiger partial charge in [-0.2, -0.15) is 5.11 Å². The number of carbonyl (C=O) groups is 1. The quantitative estimate of drug-likeness (QED) is 0.607. The summed E-state index contributed by atoms with van der Waals surface area (Å²) in [6.07, 6.45) is 0.577. The fourth-order valence-corrected chi connectivity index (χ4v) is 1.46. The minimum atomic E-state index is -0.858. The molecule has 1 aromatic rings. The Kier molecular flexibility index (Phi) is 4.45. The van der Waals surface area contributed by atoms with E-state index < -0.39 is 6.04 Å². The second kappa shape index (κ2) is 5.83. The van der Waals surface area contributed by atoms with Gasteiger partial charge in [0.05, 0.1) is 21.3 Å². The van der Waals surface area contributed by atoms with E-state index in [2.05, 4.69) is 5.11 Å². The van der Waals surface area contributed by atoms with Crippen molar-refractivity contribution in [3.63, 3.8) is 0 Å². The van der Waals surface area contributed by atoms with Gasteiger partial charge in [-0.25, -0.2) is 5.53 Å². The third kappa shape index (κ3) is 2.52. The smallest absolute Gasteiger partial charge is 0.203 e. The molecule has 1 atom stereocenters. The molecule has 0 saturated heterocycles. The van der Waals surface area contributed by atoms with Gasteiger partial charge in [0.15, 0.2) is 23.8 Å². The van der Waals surface area contributed by atoms with Crippen LogP contribution in [0.15, 0.2) is 17.2 Å². The largest absolute Gasteiger partial charge is 0.493 e. The molecule has 0 fully saturated rings. The topological polar surface area (TPSA) is 81.0 Å². The molecule has 0 spiro atoms. The second-order valence-corrected chi connectivity index (χ2v) is 3.17. The van der Waals surface area contributed by atoms with E-state index in [9.17, 15) is 4.79 Å². The highest BCUT2D eigenvalue weighted by molar-refractivity contribution is 5.65. The van der Waals surface area contributed by atoms with Crippen molar-refractivity contribution in [2.45, 2.75) is 6.04 Å². The maximum atomic E-state index is 10.8. The van der Waals surface area contributed by atoms with Gasteiger partial charge in [0.25, 0.3) is 0 Å². The third-order valence-electron chi connectivity index (χ3n) is 2.30. The molecule has 0 aromatic heterocycles. The lowest BCUT2D eigenvalue weighted by atomic mass is 10.1. The van der Waals surface area contributed by atoms with Crippen LogP contribution in [0.5, 0.6) is 17.2 Å². The van der Waals surface area contributed by atoms with Crippen LogP contribution >= 0.6 is 0 Å². The van der Waals surface area contributed by atoms with E-state index in [4.69, 9.17) is 19.7 Å². The highest BCUT2D eigenvalue weighted by Gasteiger charge is 2.17. The van der Waals surface area contributed by atoms with Crippen molar-refractivity contribution in [3.8, 4) is 17.2 Å².